The van der Waals surface area contributed by atoms with Crippen LogP contribution in [0.4, 0.5) is 19.0 Å². The van der Waals surface area contributed by atoms with Crippen LogP contribution < -0.4 is 11.3 Å². The molecule has 4 nitrogen and oxygen atoms in total. The van der Waals surface area contributed by atoms with E-state index in [1.54, 1.807) is 6.07 Å². The highest BCUT2D eigenvalue weighted by Gasteiger charge is 2.27. The van der Waals surface area contributed by atoms with E-state index < -0.39 is 12.8 Å². The molecule has 1 rings (SSSR count). The van der Waals surface area contributed by atoms with Crippen LogP contribution >= 0.6 is 0 Å². The zero-order valence-corrected chi connectivity index (χ0v) is 7.71. The highest BCUT2D eigenvalue weighted by atomic mass is 19.4. The Balaban J connectivity index is 2.44. The van der Waals surface area contributed by atoms with Crippen molar-refractivity contribution in [2.45, 2.75) is 12.8 Å². The van der Waals surface area contributed by atoms with Gasteiger partial charge in [0, 0.05) is 6.20 Å². The summed E-state index contributed by atoms with van der Waals surface area (Å²) >= 11 is 0. The molecule has 84 valence electrons. The fourth-order valence-electron chi connectivity index (χ4n) is 0.928. The highest BCUT2D eigenvalue weighted by molar-refractivity contribution is 5.35. The molecule has 0 bridgehead atoms. The van der Waals surface area contributed by atoms with E-state index >= 15 is 0 Å². The van der Waals surface area contributed by atoms with Gasteiger partial charge in [0.1, 0.15) is 12.4 Å². The van der Waals surface area contributed by atoms with Crippen LogP contribution in [0.5, 0.6) is 0 Å². The molecule has 0 fully saturated rings. The van der Waals surface area contributed by atoms with Gasteiger partial charge in [-0.05, 0) is 17.7 Å². The fourth-order valence-corrected chi connectivity index (χ4v) is 0.928. The second-order valence-corrected chi connectivity index (χ2v) is 2.80. The summed E-state index contributed by atoms with van der Waals surface area (Å²) in [5.41, 5.74) is 2.86. The van der Waals surface area contributed by atoms with Crippen molar-refractivity contribution in [3.8, 4) is 0 Å². The zero-order valence-electron chi connectivity index (χ0n) is 7.71. The third-order valence-electron chi connectivity index (χ3n) is 1.51. The molecule has 0 unspecified atom stereocenters. The quantitative estimate of drug-likeness (QED) is 0.596. The molecule has 0 aromatic carbocycles. The molecule has 1 aromatic heterocycles. The molecule has 0 radical (unpaired) electrons. The number of nitrogens with two attached hydrogens (primary N) is 1. The van der Waals surface area contributed by atoms with Crippen LogP contribution in [0.15, 0.2) is 18.3 Å². The number of hydrogen-bond acceptors (Lipinski definition) is 4. The number of aromatic nitrogens is 1. The third-order valence-corrected chi connectivity index (χ3v) is 1.51. The molecular formula is C8H10F3N3O. The summed E-state index contributed by atoms with van der Waals surface area (Å²) in [6.07, 6.45) is -2.87. The van der Waals surface area contributed by atoms with Crippen LogP contribution in [0.2, 0.25) is 0 Å². The Morgan fingerprint density at radius 3 is 2.80 bits per heavy atom. The second kappa shape index (κ2) is 4.94. The molecule has 0 aliphatic heterocycles. The first kappa shape index (κ1) is 11.7. The first-order valence-electron chi connectivity index (χ1n) is 4.07. The van der Waals surface area contributed by atoms with Crippen LogP contribution in [0, 0.1) is 0 Å². The lowest BCUT2D eigenvalue weighted by Crippen LogP contribution is -2.16. The summed E-state index contributed by atoms with van der Waals surface area (Å²) < 4.78 is 39.7. The molecule has 0 amide bonds. The van der Waals surface area contributed by atoms with Crippen LogP contribution in [0.3, 0.4) is 0 Å². The number of ether oxygens (including phenoxy) is 1. The smallest absolute Gasteiger partial charge is 0.367 e. The maximum Gasteiger partial charge on any atom is 0.411 e. The molecule has 7 heteroatoms. The van der Waals surface area contributed by atoms with E-state index in [4.69, 9.17) is 5.84 Å². The monoisotopic (exact) mass is 221 g/mol. The summed E-state index contributed by atoms with van der Waals surface area (Å²) in [5.74, 6) is 5.46. The van der Waals surface area contributed by atoms with E-state index in [0.29, 0.717) is 11.4 Å². The number of alkyl halides is 3. The van der Waals surface area contributed by atoms with Gasteiger partial charge in [0.25, 0.3) is 0 Å². The van der Waals surface area contributed by atoms with Gasteiger partial charge >= 0.3 is 6.18 Å². The van der Waals surface area contributed by atoms with Crippen LogP contribution in [0.1, 0.15) is 5.56 Å². The Morgan fingerprint density at radius 1 is 1.47 bits per heavy atom. The number of nitrogen functional groups attached to an aromatic ring is 1. The van der Waals surface area contributed by atoms with Gasteiger partial charge in [-0.3, -0.25) is 0 Å². The van der Waals surface area contributed by atoms with Crippen molar-refractivity contribution in [1.82, 2.24) is 4.98 Å². The topological polar surface area (TPSA) is 60.2 Å². The zero-order chi connectivity index (χ0) is 11.3. The minimum Gasteiger partial charge on any atom is -0.367 e. The summed E-state index contributed by atoms with van der Waals surface area (Å²) in [5, 5.41) is 0. The van der Waals surface area contributed by atoms with Gasteiger partial charge < -0.3 is 10.2 Å². The largest absolute Gasteiger partial charge is 0.411 e. The molecular weight excluding hydrogens is 211 g/mol. The van der Waals surface area contributed by atoms with Gasteiger partial charge in [0.2, 0.25) is 0 Å². The summed E-state index contributed by atoms with van der Waals surface area (Å²) in [6, 6.07) is 3.06. The molecule has 0 aliphatic carbocycles. The number of nitrogens with zero attached hydrogens (tertiary/aromatic N) is 1. The Hall–Kier alpha value is -1.34. The molecule has 0 saturated carbocycles. The number of pyridine rings is 1. The Labute approximate surface area is 84.2 Å². The number of anilines is 1. The lowest BCUT2D eigenvalue weighted by atomic mass is 10.3. The highest BCUT2D eigenvalue weighted by Crippen LogP contribution is 2.15. The van der Waals surface area contributed by atoms with Crippen LogP contribution in [-0.4, -0.2) is 17.8 Å². The van der Waals surface area contributed by atoms with E-state index in [2.05, 4.69) is 15.1 Å². The van der Waals surface area contributed by atoms with Crippen molar-refractivity contribution in [1.29, 1.82) is 0 Å². The number of rotatable bonds is 4. The molecule has 3 N–H and O–H groups in total. The summed E-state index contributed by atoms with van der Waals surface area (Å²) in [6.45, 7) is -1.39. The molecule has 0 spiro atoms. The van der Waals surface area contributed by atoms with Gasteiger partial charge in [-0.25, -0.2) is 10.8 Å². The van der Waals surface area contributed by atoms with E-state index in [1.165, 1.54) is 12.3 Å². The maximum absolute atomic E-state index is 11.7. The molecule has 0 atom stereocenters. The van der Waals surface area contributed by atoms with E-state index in [-0.39, 0.29) is 6.61 Å². The Bertz CT molecular complexity index is 316. The predicted molar refractivity (Wildman–Crippen MR) is 47.8 cm³/mol. The lowest BCUT2D eigenvalue weighted by molar-refractivity contribution is -0.176. The molecule has 0 aliphatic rings. The number of halogens is 3. The number of nitrogens with one attached hydrogen (secondary N) is 1. The van der Waals surface area contributed by atoms with Crippen molar-refractivity contribution >= 4 is 5.82 Å². The third kappa shape index (κ3) is 4.61. The van der Waals surface area contributed by atoms with E-state index in [9.17, 15) is 13.2 Å². The summed E-state index contributed by atoms with van der Waals surface area (Å²) in [7, 11) is 0. The standard InChI is InChI=1S/C8H10F3N3O/c9-8(10,11)5-15-4-6-1-2-13-7(3-6)14-12/h1-3H,4-5,12H2,(H,13,14). The first-order chi connectivity index (χ1) is 7.01. The van der Waals surface area contributed by atoms with E-state index in [1.807, 2.05) is 0 Å². The number of hydrogen-bond donors (Lipinski definition) is 2. The Morgan fingerprint density at radius 2 is 2.20 bits per heavy atom. The van der Waals surface area contributed by atoms with Gasteiger partial charge in [-0.15, -0.1) is 0 Å². The van der Waals surface area contributed by atoms with Gasteiger partial charge in [-0.2, -0.15) is 13.2 Å². The van der Waals surface area contributed by atoms with Crippen molar-refractivity contribution in [2.24, 2.45) is 5.84 Å². The molecule has 0 saturated heterocycles. The SMILES string of the molecule is NNc1cc(COCC(F)(F)F)ccn1. The van der Waals surface area contributed by atoms with Crippen molar-refractivity contribution in [3.05, 3.63) is 23.9 Å². The van der Waals surface area contributed by atoms with Crippen LogP contribution in [-0.2, 0) is 11.3 Å². The van der Waals surface area contributed by atoms with E-state index in [0.717, 1.165) is 0 Å². The number of hydrazine groups is 1. The van der Waals surface area contributed by atoms with Gasteiger partial charge in [0.15, 0.2) is 0 Å². The maximum atomic E-state index is 11.7. The molecule has 1 heterocycles. The Kier molecular flexibility index (Phi) is 3.87. The summed E-state index contributed by atoms with van der Waals surface area (Å²) in [4.78, 5) is 3.80. The van der Waals surface area contributed by atoms with Crippen LogP contribution in [0.25, 0.3) is 0 Å². The van der Waals surface area contributed by atoms with Gasteiger partial charge in [-0.1, -0.05) is 0 Å². The second-order valence-electron chi connectivity index (χ2n) is 2.80. The fraction of sp³-hybridized carbons (Fsp3) is 0.375. The van der Waals surface area contributed by atoms with Crippen molar-refractivity contribution in [3.63, 3.8) is 0 Å². The normalized spacial score (nSPS) is 11.5. The van der Waals surface area contributed by atoms with Crippen molar-refractivity contribution in [2.75, 3.05) is 12.0 Å². The lowest BCUT2D eigenvalue weighted by Gasteiger charge is -2.08. The molecule has 15 heavy (non-hydrogen) atoms. The first-order valence-corrected chi connectivity index (χ1v) is 4.07. The van der Waals surface area contributed by atoms with Gasteiger partial charge in [0.05, 0.1) is 6.61 Å². The minimum atomic E-state index is -4.30. The van der Waals surface area contributed by atoms with Crippen molar-refractivity contribution < 1.29 is 17.9 Å². The average molecular weight is 221 g/mol. The minimum absolute atomic E-state index is 0.128. The molecule has 1 aromatic rings. The average Bonchev–Trinajstić information content (AvgIpc) is 2.16. The predicted octanol–water partition coefficient (Wildman–Crippen LogP) is 1.45.